The fourth-order valence-electron chi connectivity index (χ4n) is 4.53. The lowest BCUT2D eigenvalue weighted by Gasteiger charge is -2.13. The van der Waals surface area contributed by atoms with Gasteiger partial charge < -0.3 is 14.2 Å². The molecule has 0 aliphatic heterocycles. The number of ketones is 2. The van der Waals surface area contributed by atoms with Crippen molar-refractivity contribution in [2.45, 2.75) is 13.2 Å². The Morgan fingerprint density at radius 2 is 0.978 bits per heavy atom. The molecule has 0 aromatic heterocycles. The van der Waals surface area contributed by atoms with E-state index < -0.39 is 0 Å². The molecule has 5 aromatic rings. The zero-order valence-corrected chi connectivity index (χ0v) is 25.2. The Balaban J connectivity index is 1.18. The van der Waals surface area contributed by atoms with E-state index in [1.165, 1.54) is 0 Å². The highest BCUT2D eigenvalue weighted by atomic mass is 16.5. The smallest absolute Gasteiger partial charge is 0.185 e. The standard InChI is InChI=1S/C41H32O5/c1-2-25-44-39-27-33(29-45-37-19-15-35(16-20-37)40(42)23-13-31-9-5-3-6-10-31)26-34(28-39)30-46-38-21-17-36(18-22-38)41(43)24-14-32-11-7-4-8-12-32/h1,3-24,26-28H,25,29-30H2/b23-13+,24-14+. The third kappa shape index (κ3) is 9.44. The van der Waals surface area contributed by atoms with Crippen LogP contribution in [0.5, 0.6) is 17.2 Å². The lowest BCUT2D eigenvalue weighted by atomic mass is 10.1. The predicted molar refractivity (Wildman–Crippen MR) is 182 cm³/mol. The van der Waals surface area contributed by atoms with Gasteiger partial charge in [-0.05, 0) is 101 Å². The summed E-state index contributed by atoms with van der Waals surface area (Å²) in [6, 6.07) is 39.2. The zero-order valence-electron chi connectivity index (χ0n) is 25.2. The summed E-state index contributed by atoms with van der Waals surface area (Å²) >= 11 is 0. The van der Waals surface area contributed by atoms with Crippen molar-refractivity contribution >= 4 is 23.7 Å². The normalized spacial score (nSPS) is 10.8. The average molecular weight is 605 g/mol. The molecule has 5 nitrogen and oxygen atoms in total. The van der Waals surface area contributed by atoms with Crippen LogP contribution >= 0.6 is 0 Å². The Morgan fingerprint density at radius 3 is 1.39 bits per heavy atom. The van der Waals surface area contributed by atoms with Gasteiger partial charge in [-0.3, -0.25) is 9.59 Å². The molecular weight excluding hydrogens is 572 g/mol. The molecule has 0 radical (unpaired) electrons. The Bertz CT molecular complexity index is 1720. The fourth-order valence-corrected chi connectivity index (χ4v) is 4.53. The van der Waals surface area contributed by atoms with Crippen molar-refractivity contribution in [3.63, 3.8) is 0 Å². The topological polar surface area (TPSA) is 61.8 Å². The number of carbonyl (C=O) groups excluding carboxylic acids is 2. The van der Waals surface area contributed by atoms with Gasteiger partial charge in [-0.25, -0.2) is 0 Å². The van der Waals surface area contributed by atoms with Gasteiger partial charge in [0.2, 0.25) is 0 Å². The predicted octanol–water partition coefficient (Wildman–Crippen LogP) is 8.65. The molecule has 0 aliphatic rings. The van der Waals surface area contributed by atoms with Crippen LogP contribution < -0.4 is 14.2 Å². The number of hydrogen-bond donors (Lipinski definition) is 0. The third-order valence-electron chi connectivity index (χ3n) is 6.89. The van der Waals surface area contributed by atoms with Crippen molar-refractivity contribution in [2.24, 2.45) is 0 Å². The highest BCUT2D eigenvalue weighted by Gasteiger charge is 2.08. The molecule has 0 bridgehead atoms. The van der Waals surface area contributed by atoms with Crippen molar-refractivity contribution in [1.29, 1.82) is 0 Å². The van der Waals surface area contributed by atoms with Crippen LogP contribution in [0.3, 0.4) is 0 Å². The van der Waals surface area contributed by atoms with Crippen LogP contribution in [0.4, 0.5) is 0 Å². The van der Waals surface area contributed by atoms with Crippen LogP contribution in [0, 0.1) is 12.3 Å². The molecule has 0 fully saturated rings. The van der Waals surface area contributed by atoms with Crippen LogP contribution in [0.1, 0.15) is 43.0 Å². The highest BCUT2D eigenvalue weighted by molar-refractivity contribution is 6.07. The van der Waals surface area contributed by atoms with E-state index in [0.29, 0.717) is 28.4 Å². The van der Waals surface area contributed by atoms with Crippen LogP contribution in [0.15, 0.2) is 140 Å². The first kappa shape index (κ1) is 31.3. The average Bonchev–Trinajstić information content (AvgIpc) is 3.11. The number of benzene rings is 5. The maximum Gasteiger partial charge on any atom is 0.185 e. The van der Waals surface area contributed by atoms with Gasteiger partial charge in [-0.15, -0.1) is 6.42 Å². The minimum absolute atomic E-state index is 0.0838. The monoisotopic (exact) mass is 604 g/mol. The van der Waals surface area contributed by atoms with Gasteiger partial charge in [0.15, 0.2) is 11.6 Å². The SMILES string of the molecule is C#CCOc1cc(COc2ccc(C(=O)/C=C/c3ccccc3)cc2)cc(COc2ccc(C(=O)/C=C/c3ccccc3)cc2)c1. The first-order valence-electron chi connectivity index (χ1n) is 14.8. The number of allylic oxidation sites excluding steroid dienone is 2. The van der Waals surface area contributed by atoms with Crippen molar-refractivity contribution in [1.82, 2.24) is 0 Å². The van der Waals surface area contributed by atoms with Crippen molar-refractivity contribution < 1.29 is 23.8 Å². The van der Waals surface area contributed by atoms with Crippen LogP contribution in [0.25, 0.3) is 12.2 Å². The van der Waals surface area contributed by atoms with Crippen LogP contribution in [-0.4, -0.2) is 18.2 Å². The maximum absolute atomic E-state index is 12.6. The number of rotatable bonds is 14. The summed E-state index contributed by atoms with van der Waals surface area (Å²) < 4.78 is 17.7. The van der Waals surface area contributed by atoms with E-state index in [4.69, 9.17) is 20.6 Å². The lowest BCUT2D eigenvalue weighted by molar-refractivity contribution is 0.103. The molecule has 0 saturated carbocycles. The number of terminal acetylenes is 1. The van der Waals surface area contributed by atoms with Gasteiger partial charge in [0.05, 0.1) is 0 Å². The Hall–Kier alpha value is -6.12. The third-order valence-corrected chi connectivity index (χ3v) is 6.89. The van der Waals surface area contributed by atoms with E-state index in [9.17, 15) is 9.59 Å². The molecule has 5 aromatic carbocycles. The van der Waals surface area contributed by atoms with Crippen molar-refractivity contribution in [3.8, 4) is 29.6 Å². The molecule has 0 atom stereocenters. The second-order valence-corrected chi connectivity index (χ2v) is 10.3. The van der Waals surface area contributed by atoms with E-state index in [1.54, 1.807) is 72.8 Å². The first-order chi connectivity index (χ1) is 22.6. The lowest BCUT2D eigenvalue weighted by Crippen LogP contribution is -2.03. The molecule has 5 heteroatoms. The van der Waals surface area contributed by atoms with E-state index in [-0.39, 0.29) is 31.4 Å². The fraction of sp³-hybridized carbons (Fsp3) is 0.0732. The molecule has 0 unspecified atom stereocenters. The van der Waals surface area contributed by atoms with E-state index in [1.807, 2.05) is 78.9 Å². The van der Waals surface area contributed by atoms with Gasteiger partial charge in [0, 0.05) is 11.1 Å². The van der Waals surface area contributed by atoms with Gasteiger partial charge in [0.25, 0.3) is 0 Å². The second-order valence-electron chi connectivity index (χ2n) is 10.3. The molecule has 226 valence electrons. The number of hydrogen-bond acceptors (Lipinski definition) is 5. The molecule has 5 rings (SSSR count). The van der Waals surface area contributed by atoms with Crippen molar-refractivity contribution in [2.75, 3.05) is 6.61 Å². The minimum atomic E-state index is -0.0838. The van der Waals surface area contributed by atoms with Gasteiger partial charge in [-0.1, -0.05) is 78.7 Å². The quantitative estimate of drug-likeness (QED) is 0.0721. The van der Waals surface area contributed by atoms with Crippen LogP contribution in [-0.2, 0) is 13.2 Å². The van der Waals surface area contributed by atoms with E-state index in [2.05, 4.69) is 5.92 Å². The summed E-state index contributed by atoms with van der Waals surface area (Å²) in [5.74, 6) is 4.18. The number of carbonyl (C=O) groups is 2. The minimum Gasteiger partial charge on any atom is -0.489 e. The first-order valence-corrected chi connectivity index (χ1v) is 14.8. The molecule has 0 spiro atoms. The summed E-state index contributed by atoms with van der Waals surface area (Å²) in [6.45, 7) is 0.677. The Kier molecular flexibility index (Phi) is 11.0. The molecule has 0 heterocycles. The molecule has 46 heavy (non-hydrogen) atoms. The molecular formula is C41H32O5. The summed E-state index contributed by atoms with van der Waals surface area (Å²) in [5.41, 5.74) is 4.81. The molecule has 0 aliphatic carbocycles. The van der Waals surface area contributed by atoms with Crippen molar-refractivity contribution in [3.05, 3.63) is 173 Å². The summed E-state index contributed by atoms with van der Waals surface area (Å²) in [5, 5.41) is 0. The molecule has 0 saturated heterocycles. The highest BCUT2D eigenvalue weighted by Crippen LogP contribution is 2.22. The van der Waals surface area contributed by atoms with Crippen LogP contribution in [0.2, 0.25) is 0 Å². The zero-order chi connectivity index (χ0) is 32.0. The number of ether oxygens (including phenoxy) is 3. The Morgan fingerprint density at radius 1 is 0.543 bits per heavy atom. The summed E-state index contributed by atoms with van der Waals surface area (Å²) in [4.78, 5) is 25.1. The summed E-state index contributed by atoms with van der Waals surface area (Å²) in [6.07, 6.45) is 12.1. The molecule has 0 amide bonds. The van der Waals surface area contributed by atoms with E-state index in [0.717, 1.165) is 22.3 Å². The second kappa shape index (κ2) is 16.1. The molecule has 0 N–H and O–H groups in total. The summed E-state index contributed by atoms with van der Waals surface area (Å²) in [7, 11) is 0. The Labute approximate surface area is 269 Å². The van der Waals surface area contributed by atoms with E-state index >= 15 is 0 Å². The van der Waals surface area contributed by atoms with Gasteiger partial charge >= 0.3 is 0 Å². The van der Waals surface area contributed by atoms with Gasteiger partial charge in [-0.2, -0.15) is 0 Å². The largest absolute Gasteiger partial charge is 0.489 e. The maximum atomic E-state index is 12.6. The van der Waals surface area contributed by atoms with Gasteiger partial charge in [0.1, 0.15) is 37.1 Å².